The van der Waals surface area contributed by atoms with E-state index in [1.165, 1.54) is 6.08 Å². The summed E-state index contributed by atoms with van der Waals surface area (Å²) in [5, 5.41) is 8.75. The number of carboxylic acid groups (broad SMARTS) is 1. The first-order valence-corrected chi connectivity index (χ1v) is 7.98. The Morgan fingerprint density at radius 1 is 1.08 bits per heavy atom. The summed E-state index contributed by atoms with van der Waals surface area (Å²) in [5.41, 5.74) is 0.670. The summed E-state index contributed by atoms with van der Waals surface area (Å²) >= 11 is 3.36. The highest BCUT2D eigenvalue weighted by molar-refractivity contribution is 9.10. The van der Waals surface area contributed by atoms with E-state index in [4.69, 9.17) is 19.3 Å². The van der Waals surface area contributed by atoms with E-state index in [0.717, 1.165) is 10.5 Å². The molecule has 126 valence electrons. The maximum absolute atomic E-state index is 10.7. The summed E-state index contributed by atoms with van der Waals surface area (Å²) in [5.74, 6) is 0.872. The Labute approximate surface area is 148 Å². The predicted molar refractivity (Wildman–Crippen MR) is 94.8 cm³/mol. The lowest BCUT2D eigenvalue weighted by Crippen LogP contribution is -2.10. The molecule has 2 rings (SSSR count). The first-order valence-electron chi connectivity index (χ1n) is 7.19. The van der Waals surface area contributed by atoms with Crippen molar-refractivity contribution in [3.8, 4) is 17.2 Å². The van der Waals surface area contributed by atoms with Gasteiger partial charge in [0.05, 0.1) is 7.11 Å². The molecule has 0 spiro atoms. The Bertz CT molecular complexity index is 727. The van der Waals surface area contributed by atoms with E-state index in [-0.39, 0.29) is 0 Å². The maximum Gasteiger partial charge on any atom is 0.328 e. The smallest absolute Gasteiger partial charge is 0.328 e. The minimum absolute atomic E-state index is 0.313. The zero-order valence-electron chi connectivity index (χ0n) is 13.1. The quantitative estimate of drug-likeness (QED) is 0.542. The Balaban J connectivity index is 1.96. The fourth-order valence-electron chi connectivity index (χ4n) is 1.98. The molecule has 0 aromatic heterocycles. The van der Waals surface area contributed by atoms with Gasteiger partial charge in [-0.1, -0.05) is 28.1 Å². The molecule has 5 nitrogen and oxygen atoms in total. The molecule has 6 heteroatoms. The molecule has 0 saturated heterocycles. The Kier molecular flexibility index (Phi) is 6.69. The molecule has 24 heavy (non-hydrogen) atoms. The van der Waals surface area contributed by atoms with Gasteiger partial charge in [-0.05, 0) is 36.4 Å². The van der Waals surface area contributed by atoms with Gasteiger partial charge < -0.3 is 19.3 Å². The van der Waals surface area contributed by atoms with Crippen molar-refractivity contribution in [3.63, 3.8) is 0 Å². The maximum atomic E-state index is 10.7. The second-order valence-electron chi connectivity index (χ2n) is 4.70. The molecule has 2 aromatic rings. The lowest BCUT2D eigenvalue weighted by atomic mass is 10.2. The van der Waals surface area contributed by atoms with Gasteiger partial charge in [0.15, 0.2) is 11.5 Å². The van der Waals surface area contributed by atoms with Gasteiger partial charge in [0, 0.05) is 16.1 Å². The summed E-state index contributed by atoms with van der Waals surface area (Å²) in [6.45, 7) is 0.645. The molecule has 0 aliphatic heterocycles. The lowest BCUT2D eigenvalue weighted by Gasteiger charge is -2.12. The second kappa shape index (κ2) is 8.98. The van der Waals surface area contributed by atoms with Crippen LogP contribution in [0, 0.1) is 0 Å². The number of ether oxygens (including phenoxy) is 3. The van der Waals surface area contributed by atoms with Crippen LogP contribution in [0.2, 0.25) is 0 Å². The van der Waals surface area contributed by atoms with Crippen molar-refractivity contribution < 1.29 is 24.1 Å². The van der Waals surface area contributed by atoms with Gasteiger partial charge in [0.1, 0.15) is 19.0 Å². The Morgan fingerprint density at radius 3 is 2.42 bits per heavy atom. The first kappa shape index (κ1) is 17.9. The van der Waals surface area contributed by atoms with Crippen LogP contribution >= 0.6 is 15.9 Å². The molecule has 0 atom stereocenters. The van der Waals surface area contributed by atoms with Gasteiger partial charge in [0.2, 0.25) is 0 Å². The summed E-state index contributed by atoms with van der Waals surface area (Å²) in [6.07, 6.45) is 2.56. The molecule has 0 fully saturated rings. The van der Waals surface area contributed by atoms with Crippen molar-refractivity contribution in [1.82, 2.24) is 0 Å². The van der Waals surface area contributed by atoms with Crippen molar-refractivity contribution in [2.45, 2.75) is 0 Å². The highest BCUT2D eigenvalue weighted by Crippen LogP contribution is 2.26. The fourth-order valence-corrected chi connectivity index (χ4v) is 2.36. The third-order valence-electron chi connectivity index (χ3n) is 3.04. The molecule has 0 aliphatic rings. The Hall–Kier alpha value is -2.47. The topological polar surface area (TPSA) is 65.0 Å². The summed E-state index contributed by atoms with van der Waals surface area (Å²) in [4.78, 5) is 10.7. The molecular formula is C18H17BrO5. The number of halogens is 1. The highest BCUT2D eigenvalue weighted by atomic mass is 79.9. The van der Waals surface area contributed by atoms with Crippen LogP contribution in [0.15, 0.2) is 53.0 Å². The number of benzene rings is 2. The SMILES string of the molecule is COc1ccccc1OCCOc1ccc(Br)cc1C=CC(=O)O. The molecule has 0 aliphatic carbocycles. The first-order chi connectivity index (χ1) is 11.6. The van der Waals surface area contributed by atoms with Crippen molar-refractivity contribution >= 4 is 28.0 Å². The molecule has 0 bridgehead atoms. The van der Waals surface area contributed by atoms with E-state index in [9.17, 15) is 4.79 Å². The van der Waals surface area contributed by atoms with Gasteiger partial charge in [0.25, 0.3) is 0 Å². The standard InChI is InChI=1S/C18H17BrO5/c1-22-16-4-2-3-5-17(16)24-11-10-23-15-8-7-14(19)12-13(15)6-9-18(20)21/h2-9,12H,10-11H2,1H3,(H,20,21). The third-order valence-corrected chi connectivity index (χ3v) is 3.54. The number of hydrogen-bond donors (Lipinski definition) is 1. The summed E-state index contributed by atoms with van der Waals surface area (Å²) < 4.78 is 17.4. The molecule has 0 unspecified atom stereocenters. The van der Waals surface area contributed by atoms with E-state index in [2.05, 4.69) is 15.9 Å². The largest absolute Gasteiger partial charge is 0.493 e. The number of hydrogen-bond acceptors (Lipinski definition) is 4. The lowest BCUT2D eigenvalue weighted by molar-refractivity contribution is -0.131. The number of carbonyl (C=O) groups is 1. The molecule has 0 saturated carbocycles. The highest BCUT2D eigenvalue weighted by Gasteiger charge is 2.05. The van der Waals surface area contributed by atoms with Crippen molar-refractivity contribution in [2.24, 2.45) is 0 Å². The van der Waals surface area contributed by atoms with Crippen LogP contribution in [0.25, 0.3) is 6.08 Å². The van der Waals surface area contributed by atoms with E-state index in [1.54, 1.807) is 19.2 Å². The number of para-hydroxylation sites is 2. The predicted octanol–water partition coefficient (Wildman–Crippen LogP) is 4.01. The van der Waals surface area contributed by atoms with E-state index in [0.29, 0.717) is 36.0 Å². The monoisotopic (exact) mass is 392 g/mol. The number of carboxylic acids is 1. The fraction of sp³-hybridized carbons (Fsp3) is 0.167. The van der Waals surface area contributed by atoms with Crippen LogP contribution in [-0.2, 0) is 4.79 Å². The van der Waals surface area contributed by atoms with Crippen LogP contribution in [-0.4, -0.2) is 31.4 Å². The van der Waals surface area contributed by atoms with Crippen LogP contribution in [0.3, 0.4) is 0 Å². The van der Waals surface area contributed by atoms with E-state index in [1.807, 2.05) is 30.3 Å². The van der Waals surface area contributed by atoms with E-state index < -0.39 is 5.97 Å². The molecule has 1 N–H and O–H groups in total. The van der Waals surface area contributed by atoms with Gasteiger partial charge in [-0.3, -0.25) is 0 Å². The average Bonchev–Trinajstić information content (AvgIpc) is 2.58. The van der Waals surface area contributed by atoms with Crippen LogP contribution in [0.4, 0.5) is 0 Å². The van der Waals surface area contributed by atoms with Gasteiger partial charge in [-0.2, -0.15) is 0 Å². The van der Waals surface area contributed by atoms with Crippen molar-refractivity contribution in [2.75, 3.05) is 20.3 Å². The van der Waals surface area contributed by atoms with E-state index >= 15 is 0 Å². The molecular weight excluding hydrogens is 376 g/mol. The van der Waals surface area contributed by atoms with Crippen LogP contribution < -0.4 is 14.2 Å². The third kappa shape index (κ3) is 5.31. The Morgan fingerprint density at radius 2 is 1.75 bits per heavy atom. The van der Waals surface area contributed by atoms with Gasteiger partial charge in [-0.25, -0.2) is 4.79 Å². The zero-order chi connectivity index (χ0) is 17.4. The minimum atomic E-state index is -1.01. The molecule has 0 amide bonds. The van der Waals surface area contributed by atoms with Crippen LogP contribution in [0.1, 0.15) is 5.56 Å². The van der Waals surface area contributed by atoms with Gasteiger partial charge >= 0.3 is 5.97 Å². The minimum Gasteiger partial charge on any atom is -0.493 e. The van der Waals surface area contributed by atoms with Crippen molar-refractivity contribution in [1.29, 1.82) is 0 Å². The van der Waals surface area contributed by atoms with Crippen molar-refractivity contribution in [3.05, 3.63) is 58.6 Å². The zero-order valence-corrected chi connectivity index (χ0v) is 14.7. The number of methoxy groups -OCH3 is 1. The number of aliphatic carboxylic acids is 1. The molecule has 0 heterocycles. The summed E-state index contributed by atoms with van der Waals surface area (Å²) in [6, 6.07) is 12.8. The molecule has 2 aromatic carbocycles. The average molecular weight is 393 g/mol. The normalized spacial score (nSPS) is 10.6. The summed E-state index contributed by atoms with van der Waals surface area (Å²) in [7, 11) is 1.58. The number of rotatable bonds is 8. The molecule has 0 radical (unpaired) electrons. The second-order valence-corrected chi connectivity index (χ2v) is 5.62. The van der Waals surface area contributed by atoms with Gasteiger partial charge in [-0.15, -0.1) is 0 Å². The van der Waals surface area contributed by atoms with Crippen LogP contribution in [0.5, 0.6) is 17.2 Å².